The van der Waals surface area contributed by atoms with E-state index in [1.165, 1.54) is 0 Å². The van der Waals surface area contributed by atoms with Crippen LogP contribution in [0.1, 0.15) is 0 Å². The largest absolute Gasteiger partial charge is 0.403 e. The van der Waals surface area contributed by atoms with Crippen LogP contribution in [0.4, 0.5) is 5.69 Å². The van der Waals surface area contributed by atoms with E-state index in [4.69, 9.17) is 5.39 Å². The Kier molecular flexibility index (Phi) is 1.81. The van der Waals surface area contributed by atoms with Gasteiger partial charge in [-0.15, -0.1) is 0 Å². The van der Waals surface area contributed by atoms with Crippen molar-refractivity contribution in [3.63, 3.8) is 0 Å². The normalized spacial score (nSPS) is 10.4. The second kappa shape index (κ2) is 3.28. The summed E-state index contributed by atoms with van der Waals surface area (Å²) in [5.74, 6) is 0. The molecule has 3 nitrogen and oxygen atoms in total. The highest BCUT2D eigenvalue weighted by molar-refractivity contribution is 5.97. The fourth-order valence-electron chi connectivity index (χ4n) is 1.86. The minimum Gasteiger partial charge on any atom is -0.248 e. The van der Waals surface area contributed by atoms with E-state index in [1.807, 2.05) is 30.3 Å². The molecular formula is C13H8N3+. The smallest absolute Gasteiger partial charge is 0.248 e. The average Bonchev–Trinajstić information content (AvgIpc) is 2.35. The Morgan fingerprint density at radius 1 is 0.938 bits per heavy atom. The van der Waals surface area contributed by atoms with Crippen LogP contribution < -0.4 is 0 Å². The van der Waals surface area contributed by atoms with E-state index >= 15 is 0 Å². The lowest BCUT2D eigenvalue weighted by Gasteiger charge is -1.99. The highest BCUT2D eigenvalue weighted by atomic mass is 14.9. The van der Waals surface area contributed by atoms with Crippen LogP contribution in [0.25, 0.3) is 26.7 Å². The zero-order valence-electron chi connectivity index (χ0n) is 8.46. The summed E-state index contributed by atoms with van der Waals surface area (Å²) in [5, 5.41) is 12.0. The molecule has 0 fully saturated rings. The second-order valence-electron chi connectivity index (χ2n) is 3.69. The Hall–Kier alpha value is -2.47. The van der Waals surface area contributed by atoms with Gasteiger partial charge >= 0.3 is 5.69 Å². The average molecular weight is 206 g/mol. The van der Waals surface area contributed by atoms with Gasteiger partial charge in [-0.2, -0.15) is 0 Å². The maximum Gasteiger partial charge on any atom is 0.403 e. The molecule has 74 valence electrons. The lowest BCUT2D eigenvalue weighted by Crippen LogP contribution is -1.79. The Labute approximate surface area is 92.0 Å². The number of hydrogen-bond donors (Lipinski definition) is 0. The minimum absolute atomic E-state index is 0.475. The predicted octanol–water partition coefficient (Wildman–Crippen LogP) is 3.87. The van der Waals surface area contributed by atoms with E-state index in [2.05, 4.69) is 22.1 Å². The molecule has 2 aromatic carbocycles. The number of diazo groups is 1. The molecule has 0 N–H and O–H groups in total. The molecule has 0 spiro atoms. The maximum atomic E-state index is 8.70. The highest BCUT2D eigenvalue weighted by Gasteiger charge is 2.06. The van der Waals surface area contributed by atoms with Gasteiger partial charge in [0.05, 0.1) is 5.52 Å². The number of pyridine rings is 1. The van der Waals surface area contributed by atoms with Gasteiger partial charge in [0.2, 0.25) is 5.39 Å². The third kappa shape index (κ3) is 1.29. The molecule has 0 saturated carbocycles. The summed E-state index contributed by atoms with van der Waals surface area (Å²) >= 11 is 0. The number of rotatable bonds is 0. The standard InChI is InChI=1S/C13H8N3/c14-16-12-6-11-5-9-3-1-2-4-10(9)7-13(11)15-8-12/h1-8H/q+1. The molecule has 0 radical (unpaired) electrons. The zero-order chi connectivity index (χ0) is 11.0. The van der Waals surface area contributed by atoms with Gasteiger partial charge in [0.15, 0.2) is 4.98 Å². The van der Waals surface area contributed by atoms with E-state index in [0.29, 0.717) is 5.69 Å². The Bertz CT molecular complexity index is 726. The molecule has 0 aliphatic heterocycles. The maximum absolute atomic E-state index is 8.70. The van der Waals surface area contributed by atoms with E-state index in [-0.39, 0.29) is 0 Å². The molecule has 0 unspecified atom stereocenters. The van der Waals surface area contributed by atoms with Gasteiger partial charge < -0.3 is 0 Å². The van der Waals surface area contributed by atoms with E-state index < -0.39 is 0 Å². The van der Waals surface area contributed by atoms with Crippen LogP contribution in [0, 0.1) is 5.39 Å². The first-order chi connectivity index (χ1) is 7.86. The van der Waals surface area contributed by atoms with Crippen molar-refractivity contribution in [2.45, 2.75) is 0 Å². The Balaban J connectivity index is 2.43. The second-order valence-corrected chi connectivity index (χ2v) is 3.69. The topological polar surface area (TPSA) is 41.0 Å². The number of aromatic nitrogens is 1. The van der Waals surface area contributed by atoms with Gasteiger partial charge in [0.25, 0.3) is 0 Å². The summed E-state index contributed by atoms with van der Waals surface area (Å²) in [6.07, 6.45) is 1.55. The summed E-state index contributed by atoms with van der Waals surface area (Å²) in [7, 11) is 0. The van der Waals surface area contributed by atoms with Gasteiger partial charge in [-0.1, -0.05) is 24.3 Å². The van der Waals surface area contributed by atoms with Crippen LogP contribution in [0.15, 0.2) is 48.7 Å². The van der Waals surface area contributed by atoms with Crippen LogP contribution in [0.3, 0.4) is 0 Å². The van der Waals surface area contributed by atoms with E-state index in [9.17, 15) is 0 Å². The molecule has 3 heteroatoms. The third-order valence-corrected chi connectivity index (χ3v) is 2.65. The van der Waals surface area contributed by atoms with E-state index in [0.717, 1.165) is 21.7 Å². The quantitative estimate of drug-likeness (QED) is 0.413. The number of nitrogens with zero attached hydrogens (tertiary/aromatic N) is 3. The van der Waals surface area contributed by atoms with Crippen LogP contribution in [-0.4, -0.2) is 4.98 Å². The summed E-state index contributed by atoms with van der Waals surface area (Å²) in [6.45, 7) is 0. The first kappa shape index (κ1) is 8.81. The molecule has 0 aliphatic carbocycles. The fraction of sp³-hybridized carbons (Fsp3) is 0. The van der Waals surface area contributed by atoms with E-state index in [1.54, 1.807) is 6.20 Å². The molecule has 0 amide bonds. The van der Waals surface area contributed by atoms with Gasteiger partial charge in [0.1, 0.15) is 6.20 Å². The molecular weight excluding hydrogens is 198 g/mol. The van der Waals surface area contributed by atoms with Crippen molar-refractivity contribution < 1.29 is 0 Å². The van der Waals surface area contributed by atoms with Crippen molar-refractivity contribution >= 4 is 27.4 Å². The van der Waals surface area contributed by atoms with Crippen molar-refractivity contribution in [1.29, 1.82) is 5.39 Å². The van der Waals surface area contributed by atoms with Crippen LogP contribution in [-0.2, 0) is 0 Å². The Morgan fingerprint density at radius 3 is 2.44 bits per heavy atom. The van der Waals surface area contributed by atoms with Crippen molar-refractivity contribution in [3.05, 3.63) is 53.6 Å². The number of hydrogen-bond acceptors (Lipinski definition) is 2. The van der Waals surface area contributed by atoms with Crippen LogP contribution in [0.5, 0.6) is 0 Å². The molecule has 0 saturated heterocycles. The van der Waals surface area contributed by atoms with Crippen molar-refractivity contribution in [2.75, 3.05) is 0 Å². The van der Waals surface area contributed by atoms with Gasteiger partial charge in [-0.05, 0) is 22.9 Å². The molecule has 0 atom stereocenters. The summed E-state index contributed by atoms with van der Waals surface area (Å²) in [4.78, 5) is 7.39. The Morgan fingerprint density at radius 2 is 1.69 bits per heavy atom. The summed E-state index contributed by atoms with van der Waals surface area (Å²) in [6, 6.07) is 14.0. The van der Waals surface area contributed by atoms with Crippen LogP contribution in [0.2, 0.25) is 0 Å². The molecule has 0 aliphatic rings. The monoisotopic (exact) mass is 206 g/mol. The molecule has 0 bridgehead atoms. The van der Waals surface area contributed by atoms with Gasteiger partial charge in [-0.3, -0.25) is 0 Å². The van der Waals surface area contributed by atoms with Crippen molar-refractivity contribution in [1.82, 2.24) is 4.98 Å². The molecule has 1 aromatic heterocycles. The SMILES string of the molecule is N#[N+]c1cnc2cc3ccccc3cc2c1. The first-order valence-electron chi connectivity index (χ1n) is 5.00. The zero-order valence-corrected chi connectivity index (χ0v) is 8.46. The van der Waals surface area contributed by atoms with Crippen molar-refractivity contribution in [3.8, 4) is 0 Å². The molecule has 1 heterocycles. The lowest BCUT2D eigenvalue weighted by molar-refractivity contribution is 1.39. The predicted molar refractivity (Wildman–Crippen MR) is 64.0 cm³/mol. The molecule has 16 heavy (non-hydrogen) atoms. The first-order valence-corrected chi connectivity index (χ1v) is 5.00. The van der Waals surface area contributed by atoms with Gasteiger partial charge in [-0.25, -0.2) is 4.98 Å². The third-order valence-electron chi connectivity index (χ3n) is 2.65. The lowest BCUT2D eigenvalue weighted by atomic mass is 10.1. The minimum atomic E-state index is 0.475. The number of benzene rings is 2. The van der Waals surface area contributed by atoms with Crippen LogP contribution >= 0.6 is 0 Å². The summed E-state index contributed by atoms with van der Waals surface area (Å²) in [5.41, 5.74) is 1.38. The van der Waals surface area contributed by atoms with Crippen molar-refractivity contribution in [2.24, 2.45) is 0 Å². The number of fused-ring (bicyclic) bond motifs is 2. The molecule has 3 rings (SSSR count). The summed E-state index contributed by atoms with van der Waals surface area (Å²) < 4.78 is 0. The molecule has 3 aromatic rings. The fourth-order valence-corrected chi connectivity index (χ4v) is 1.86. The van der Waals surface area contributed by atoms with Gasteiger partial charge in [0, 0.05) is 11.5 Å². The highest BCUT2D eigenvalue weighted by Crippen LogP contribution is 2.24.